The zero-order chi connectivity index (χ0) is 14.0. The molecule has 0 spiro atoms. The molecule has 0 unspecified atom stereocenters. The van der Waals surface area contributed by atoms with Crippen LogP contribution in [0.4, 0.5) is 0 Å². The summed E-state index contributed by atoms with van der Waals surface area (Å²) in [5, 5.41) is 0. The third-order valence-electron chi connectivity index (χ3n) is 3.04. The predicted molar refractivity (Wildman–Crippen MR) is 81.2 cm³/mol. The van der Waals surface area contributed by atoms with Gasteiger partial charge in [-0.2, -0.15) is 0 Å². The van der Waals surface area contributed by atoms with E-state index in [4.69, 9.17) is 0 Å². The molecule has 3 heteroatoms. The standard InChI is InChI=1S/C9H14N.C6H15Si.Ti/c1-9(2,3)10-8-6-4-5-7-8;1-6(2)5-7(3)4;/h4-6H,7H2,1-3H3;7H,5H2,1-4H3;/q-1;;+1. The van der Waals surface area contributed by atoms with Crippen LogP contribution >= 0.6 is 0 Å². The van der Waals surface area contributed by atoms with Gasteiger partial charge >= 0.3 is 125 Å². The fourth-order valence-electron chi connectivity index (χ4n) is 2.64. The zero-order valence-corrected chi connectivity index (χ0v) is 15.9. The maximum absolute atomic E-state index is 2.74. The predicted octanol–water partition coefficient (Wildman–Crippen LogP) is 4.61. The molecule has 102 valence electrons. The fourth-order valence-corrected chi connectivity index (χ4v) is 9.07. The van der Waals surface area contributed by atoms with Crippen LogP contribution in [-0.4, -0.2) is 17.7 Å². The minimum absolute atomic E-state index is 0.119. The Hall–Kier alpha value is 0.211. The Kier molecular flexibility index (Phi) is 5.52. The second kappa shape index (κ2) is 6.11. The van der Waals surface area contributed by atoms with Gasteiger partial charge in [-0.05, 0) is 0 Å². The molecule has 0 heterocycles. The Bertz CT molecular complexity index is 337. The molecular weight excluding hydrogens is 270 g/mol. The normalized spacial score (nSPS) is 16.1. The van der Waals surface area contributed by atoms with Crippen molar-refractivity contribution >= 4 is 8.80 Å². The second-order valence-corrected chi connectivity index (χ2v) is 13.7. The first-order chi connectivity index (χ1) is 8.12. The molecule has 0 atom stereocenters. The first-order valence-corrected chi connectivity index (χ1v) is 11.7. The van der Waals surface area contributed by atoms with Crippen molar-refractivity contribution in [2.24, 2.45) is 0 Å². The van der Waals surface area contributed by atoms with Crippen LogP contribution in [0.1, 0.15) is 41.0 Å². The van der Waals surface area contributed by atoms with E-state index in [2.05, 4.69) is 69.3 Å². The van der Waals surface area contributed by atoms with Crippen molar-refractivity contribution in [2.75, 3.05) is 0 Å². The molecule has 1 aliphatic carbocycles. The van der Waals surface area contributed by atoms with Crippen molar-refractivity contribution in [1.82, 2.24) is 3.38 Å². The Balaban J connectivity index is 2.80. The summed E-state index contributed by atoms with van der Waals surface area (Å²) in [5.74, 6) is 0. The van der Waals surface area contributed by atoms with Crippen molar-refractivity contribution in [3.63, 3.8) is 0 Å². The zero-order valence-electron chi connectivity index (χ0n) is 13.2. The molecule has 0 saturated heterocycles. The second-order valence-electron chi connectivity index (χ2n) is 7.39. The van der Waals surface area contributed by atoms with Gasteiger partial charge in [0.15, 0.2) is 0 Å². The monoisotopic (exact) mass is 299 g/mol. The van der Waals surface area contributed by atoms with E-state index < -0.39 is 8.80 Å². The molecule has 0 aromatic rings. The van der Waals surface area contributed by atoms with E-state index in [-0.39, 0.29) is 24.9 Å². The topological polar surface area (TPSA) is 3.24 Å². The van der Waals surface area contributed by atoms with Gasteiger partial charge in [0.25, 0.3) is 0 Å². The molecule has 0 bridgehead atoms. The van der Waals surface area contributed by atoms with Gasteiger partial charge in [0.2, 0.25) is 0 Å². The van der Waals surface area contributed by atoms with Gasteiger partial charge in [-0.3, -0.25) is 0 Å². The van der Waals surface area contributed by atoms with Crippen LogP contribution in [0, 0.1) is 0 Å². The summed E-state index contributed by atoms with van der Waals surface area (Å²) in [6, 6.07) is 1.47. The number of allylic oxidation sites excluding steroid dienone is 3. The van der Waals surface area contributed by atoms with Crippen LogP contribution in [0.5, 0.6) is 0 Å². The van der Waals surface area contributed by atoms with Gasteiger partial charge in [-0.15, -0.1) is 0 Å². The average Bonchev–Trinajstić information content (AvgIpc) is 2.62. The van der Waals surface area contributed by atoms with E-state index in [0.717, 1.165) is 6.42 Å². The van der Waals surface area contributed by atoms with Crippen molar-refractivity contribution in [2.45, 2.75) is 69.4 Å². The van der Waals surface area contributed by atoms with E-state index in [1.165, 1.54) is 6.04 Å². The Morgan fingerprint density at radius 3 is 2.22 bits per heavy atom. The van der Waals surface area contributed by atoms with Gasteiger partial charge in [0.1, 0.15) is 0 Å². The van der Waals surface area contributed by atoms with E-state index >= 15 is 0 Å². The molecule has 0 aromatic heterocycles. The van der Waals surface area contributed by atoms with Crippen LogP contribution in [0.25, 0.3) is 0 Å². The van der Waals surface area contributed by atoms with E-state index in [0.29, 0.717) is 3.72 Å². The summed E-state index contributed by atoms with van der Waals surface area (Å²) in [4.78, 5) is 0. The van der Waals surface area contributed by atoms with Gasteiger partial charge in [-0.25, -0.2) is 0 Å². The molecule has 0 amide bonds. The van der Waals surface area contributed by atoms with Crippen LogP contribution < -0.4 is 0 Å². The van der Waals surface area contributed by atoms with Gasteiger partial charge in [0.05, 0.1) is 0 Å². The van der Waals surface area contributed by atoms with Gasteiger partial charge in [-0.1, -0.05) is 0 Å². The van der Waals surface area contributed by atoms with Crippen molar-refractivity contribution in [3.8, 4) is 0 Å². The maximum atomic E-state index is 2.74. The van der Waals surface area contributed by atoms with Crippen molar-refractivity contribution < 1.29 is 19.4 Å². The summed E-state index contributed by atoms with van der Waals surface area (Å²) in [6.45, 7) is 17.0. The summed E-state index contributed by atoms with van der Waals surface area (Å²) < 4.78 is 3.29. The molecule has 1 rings (SSSR count). The molecule has 0 saturated carbocycles. The Labute approximate surface area is 125 Å². The molecule has 0 radical (unpaired) electrons. The quantitative estimate of drug-likeness (QED) is 0.670. The molecule has 0 aliphatic heterocycles. The Morgan fingerprint density at radius 2 is 1.83 bits per heavy atom. The van der Waals surface area contributed by atoms with Gasteiger partial charge < -0.3 is 0 Å². The molecule has 1 nitrogen and oxygen atoms in total. The summed E-state index contributed by atoms with van der Waals surface area (Å²) in [5.41, 5.74) is 1.81. The molecule has 0 fully saturated rings. The SMILES string of the molecule is C[SiH](C)C[C](C)(C)[Ti][N](C1=CC=CC1)C(C)(C)C. The first-order valence-electron chi connectivity index (χ1n) is 7.05. The van der Waals surface area contributed by atoms with Gasteiger partial charge in [0, 0.05) is 0 Å². The summed E-state index contributed by atoms with van der Waals surface area (Å²) in [7, 11) is -0.472. The van der Waals surface area contributed by atoms with E-state index in [1.54, 1.807) is 5.70 Å². The first kappa shape index (κ1) is 16.3. The molecule has 0 aromatic carbocycles. The third-order valence-corrected chi connectivity index (χ3v) is 8.63. The summed E-state index contributed by atoms with van der Waals surface area (Å²) in [6.07, 6.45) is 7.95. The third kappa shape index (κ3) is 5.07. The molecule has 1 aliphatic rings. The Morgan fingerprint density at radius 1 is 1.22 bits per heavy atom. The summed E-state index contributed by atoms with van der Waals surface area (Å²) >= 11 is -0.119. The van der Waals surface area contributed by atoms with Crippen LogP contribution in [0.15, 0.2) is 23.9 Å². The number of nitrogens with zero attached hydrogens (tertiary/aromatic N) is 1. The van der Waals surface area contributed by atoms with Crippen molar-refractivity contribution in [3.05, 3.63) is 23.9 Å². The van der Waals surface area contributed by atoms with Crippen LogP contribution in [-0.2, 0) is 19.4 Å². The fraction of sp³-hybridized carbons (Fsp3) is 0.733. The minimum atomic E-state index is -0.472. The average molecular weight is 299 g/mol. The molecular formula is C15H29NSiTi. The van der Waals surface area contributed by atoms with E-state index in [9.17, 15) is 0 Å². The van der Waals surface area contributed by atoms with E-state index in [1.807, 2.05) is 0 Å². The molecule has 0 N–H and O–H groups in total. The molecule has 18 heavy (non-hydrogen) atoms. The number of rotatable bonds is 5. The van der Waals surface area contributed by atoms with Crippen LogP contribution in [0.2, 0.25) is 22.9 Å². The van der Waals surface area contributed by atoms with Crippen LogP contribution in [0.3, 0.4) is 0 Å². The number of hydrogen-bond donors (Lipinski definition) is 0. The number of hydrogen-bond acceptors (Lipinski definition) is 1. The van der Waals surface area contributed by atoms with Crippen molar-refractivity contribution in [1.29, 1.82) is 0 Å².